The molecule has 10 heteroatoms. The van der Waals surface area contributed by atoms with E-state index in [1.165, 1.54) is 0 Å². The SMILES string of the molecule is CSc1ccc(Cc2c(OC3O[C@H](CO)[C@@H](O)[C@H](O)[C@H]3O)nn(CCCO)c2C)cc1. The summed E-state index contributed by atoms with van der Waals surface area (Å²) in [4.78, 5) is 1.15. The molecule has 172 valence electrons. The lowest BCUT2D eigenvalue weighted by Crippen LogP contribution is -2.60. The van der Waals surface area contributed by atoms with Crippen molar-refractivity contribution in [3.8, 4) is 5.88 Å². The molecule has 5 atom stereocenters. The van der Waals surface area contributed by atoms with Crippen LogP contribution >= 0.6 is 11.8 Å². The molecule has 1 unspecified atom stereocenters. The van der Waals surface area contributed by atoms with Crippen LogP contribution in [0.4, 0.5) is 0 Å². The van der Waals surface area contributed by atoms with E-state index >= 15 is 0 Å². The Labute approximate surface area is 185 Å². The molecule has 1 saturated heterocycles. The first-order chi connectivity index (χ1) is 14.9. The summed E-state index contributed by atoms with van der Waals surface area (Å²) in [5.41, 5.74) is 2.68. The number of aliphatic hydroxyl groups excluding tert-OH is 5. The first-order valence-corrected chi connectivity index (χ1v) is 11.4. The van der Waals surface area contributed by atoms with Crippen LogP contribution in [0.2, 0.25) is 0 Å². The van der Waals surface area contributed by atoms with Gasteiger partial charge in [0.2, 0.25) is 12.2 Å². The molecule has 0 amide bonds. The third-order valence-corrected chi connectivity index (χ3v) is 6.18. The van der Waals surface area contributed by atoms with Gasteiger partial charge in [-0.1, -0.05) is 12.1 Å². The highest BCUT2D eigenvalue weighted by atomic mass is 32.2. The van der Waals surface area contributed by atoms with Crippen molar-refractivity contribution < 1.29 is 35.0 Å². The van der Waals surface area contributed by atoms with Crippen LogP contribution in [-0.4, -0.2) is 85.5 Å². The first kappa shape index (κ1) is 24.0. The van der Waals surface area contributed by atoms with Crippen LogP contribution in [0.1, 0.15) is 23.2 Å². The predicted octanol–water partition coefficient (Wildman–Crippen LogP) is 0.0653. The number of nitrogens with zero attached hydrogens (tertiary/aromatic N) is 2. The Morgan fingerprint density at radius 3 is 2.42 bits per heavy atom. The maximum atomic E-state index is 10.3. The van der Waals surface area contributed by atoms with Crippen LogP contribution < -0.4 is 4.74 Å². The van der Waals surface area contributed by atoms with E-state index in [0.717, 1.165) is 21.7 Å². The van der Waals surface area contributed by atoms with Crippen LogP contribution in [0.25, 0.3) is 0 Å². The number of hydrogen-bond donors (Lipinski definition) is 5. The van der Waals surface area contributed by atoms with E-state index in [9.17, 15) is 25.5 Å². The number of benzene rings is 1. The molecule has 1 aromatic heterocycles. The lowest BCUT2D eigenvalue weighted by Gasteiger charge is -2.39. The van der Waals surface area contributed by atoms with Gasteiger partial charge in [0.25, 0.3) is 0 Å². The molecule has 0 saturated carbocycles. The minimum absolute atomic E-state index is 0.0215. The molecule has 1 aromatic carbocycles. The minimum Gasteiger partial charge on any atom is -0.443 e. The molecule has 0 aliphatic carbocycles. The second kappa shape index (κ2) is 10.8. The van der Waals surface area contributed by atoms with Gasteiger partial charge < -0.3 is 35.0 Å². The maximum absolute atomic E-state index is 10.3. The Morgan fingerprint density at radius 2 is 1.81 bits per heavy atom. The maximum Gasteiger partial charge on any atom is 0.239 e. The fourth-order valence-corrected chi connectivity index (χ4v) is 3.92. The quantitative estimate of drug-likeness (QED) is 0.333. The largest absolute Gasteiger partial charge is 0.443 e. The molecule has 2 aromatic rings. The normalized spacial score (nSPS) is 26.2. The molecule has 0 bridgehead atoms. The Kier molecular flexibility index (Phi) is 8.34. The van der Waals surface area contributed by atoms with Gasteiger partial charge in [-0.25, -0.2) is 0 Å². The number of aryl methyl sites for hydroxylation is 1. The summed E-state index contributed by atoms with van der Waals surface area (Å²) < 4.78 is 13.1. The van der Waals surface area contributed by atoms with Gasteiger partial charge in [-0.15, -0.1) is 16.9 Å². The summed E-state index contributed by atoms with van der Waals surface area (Å²) in [5, 5.41) is 53.4. The Balaban J connectivity index is 1.88. The third kappa shape index (κ3) is 5.40. The van der Waals surface area contributed by atoms with Gasteiger partial charge in [0.1, 0.15) is 24.4 Å². The molecule has 9 nitrogen and oxygen atoms in total. The number of rotatable bonds is 9. The molecule has 1 aliphatic rings. The standard InChI is InChI=1S/C21H30N2O7S/c1-12-15(10-13-4-6-14(31-2)7-5-13)20(22-23(12)8-3-9-24)30-21-19(28)18(27)17(26)16(11-25)29-21/h4-7,16-19,21,24-28H,3,8-11H2,1-2H3/t16-,17-,18+,19-,21?/m1/s1. The summed E-state index contributed by atoms with van der Waals surface area (Å²) in [6, 6.07) is 8.11. The van der Waals surface area contributed by atoms with Gasteiger partial charge >= 0.3 is 0 Å². The zero-order valence-corrected chi connectivity index (χ0v) is 18.4. The molecule has 31 heavy (non-hydrogen) atoms. The minimum atomic E-state index is -1.53. The van der Waals surface area contributed by atoms with Crippen molar-refractivity contribution in [1.82, 2.24) is 9.78 Å². The number of hydrogen-bond acceptors (Lipinski definition) is 9. The van der Waals surface area contributed by atoms with Gasteiger partial charge in [-0.05, 0) is 37.3 Å². The van der Waals surface area contributed by atoms with E-state index in [1.807, 2.05) is 37.4 Å². The first-order valence-electron chi connectivity index (χ1n) is 10.2. The number of aliphatic hydroxyl groups is 5. The van der Waals surface area contributed by atoms with E-state index in [1.54, 1.807) is 16.4 Å². The van der Waals surface area contributed by atoms with Crippen LogP contribution in [0.15, 0.2) is 29.2 Å². The predicted molar refractivity (Wildman–Crippen MR) is 114 cm³/mol. The van der Waals surface area contributed by atoms with Gasteiger partial charge in [0.15, 0.2) is 0 Å². The van der Waals surface area contributed by atoms with Crippen molar-refractivity contribution in [2.75, 3.05) is 19.5 Å². The van der Waals surface area contributed by atoms with Crippen molar-refractivity contribution in [3.05, 3.63) is 41.1 Å². The molecular weight excluding hydrogens is 424 g/mol. The van der Waals surface area contributed by atoms with Gasteiger partial charge in [-0.3, -0.25) is 4.68 Å². The van der Waals surface area contributed by atoms with Crippen molar-refractivity contribution in [3.63, 3.8) is 0 Å². The van der Waals surface area contributed by atoms with Crippen molar-refractivity contribution in [1.29, 1.82) is 0 Å². The van der Waals surface area contributed by atoms with Crippen LogP contribution in [-0.2, 0) is 17.7 Å². The molecule has 5 N–H and O–H groups in total. The zero-order valence-electron chi connectivity index (χ0n) is 17.6. The third-order valence-electron chi connectivity index (χ3n) is 5.44. The average molecular weight is 455 g/mol. The van der Waals surface area contributed by atoms with E-state index in [0.29, 0.717) is 19.4 Å². The summed E-state index contributed by atoms with van der Waals surface area (Å²) in [6.07, 6.45) is -3.84. The summed E-state index contributed by atoms with van der Waals surface area (Å²) >= 11 is 1.66. The summed E-state index contributed by atoms with van der Waals surface area (Å²) in [6.45, 7) is 1.87. The van der Waals surface area contributed by atoms with Gasteiger partial charge in [0, 0.05) is 35.7 Å². The highest BCUT2D eigenvalue weighted by Crippen LogP contribution is 2.30. The van der Waals surface area contributed by atoms with Crippen LogP contribution in [0.3, 0.4) is 0 Å². The number of ether oxygens (including phenoxy) is 2. The Bertz CT molecular complexity index is 843. The van der Waals surface area contributed by atoms with E-state index in [2.05, 4.69) is 5.10 Å². The fraction of sp³-hybridized carbons (Fsp3) is 0.571. The summed E-state index contributed by atoms with van der Waals surface area (Å²) in [7, 11) is 0. The molecule has 1 aliphatic heterocycles. The molecule has 1 fully saturated rings. The molecular formula is C21H30N2O7S. The Hall–Kier alpha value is -1.66. The highest BCUT2D eigenvalue weighted by Gasteiger charge is 2.45. The van der Waals surface area contributed by atoms with Crippen LogP contribution in [0.5, 0.6) is 5.88 Å². The zero-order chi connectivity index (χ0) is 22.5. The smallest absolute Gasteiger partial charge is 0.239 e. The second-order valence-electron chi connectivity index (χ2n) is 7.51. The topological polar surface area (TPSA) is 137 Å². The van der Waals surface area contributed by atoms with E-state index in [-0.39, 0.29) is 12.5 Å². The highest BCUT2D eigenvalue weighted by molar-refractivity contribution is 7.98. The summed E-state index contributed by atoms with van der Waals surface area (Å²) in [5.74, 6) is 0.230. The average Bonchev–Trinajstić information content (AvgIpc) is 3.07. The van der Waals surface area contributed by atoms with Gasteiger partial charge in [0.05, 0.1) is 6.61 Å². The van der Waals surface area contributed by atoms with Crippen molar-refractivity contribution in [2.24, 2.45) is 0 Å². The second-order valence-corrected chi connectivity index (χ2v) is 8.39. The number of aromatic nitrogens is 2. The van der Waals surface area contributed by atoms with E-state index in [4.69, 9.17) is 9.47 Å². The molecule has 2 heterocycles. The van der Waals surface area contributed by atoms with Gasteiger partial charge in [-0.2, -0.15) is 0 Å². The van der Waals surface area contributed by atoms with E-state index < -0.39 is 37.3 Å². The lowest BCUT2D eigenvalue weighted by molar-refractivity contribution is -0.278. The van der Waals surface area contributed by atoms with Crippen molar-refractivity contribution in [2.45, 2.75) is 61.9 Å². The monoisotopic (exact) mass is 454 g/mol. The Morgan fingerprint density at radius 1 is 1.10 bits per heavy atom. The fourth-order valence-electron chi connectivity index (χ4n) is 3.51. The lowest BCUT2D eigenvalue weighted by atomic mass is 9.99. The van der Waals surface area contributed by atoms with Crippen LogP contribution in [0, 0.1) is 6.92 Å². The van der Waals surface area contributed by atoms with Crippen molar-refractivity contribution >= 4 is 11.8 Å². The molecule has 0 spiro atoms. The molecule has 0 radical (unpaired) electrons. The molecule has 3 rings (SSSR count). The number of thioether (sulfide) groups is 1.